The molecule has 1 aliphatic rings. The Kier molecular flexibility index (Phi) is 5.51. The molecule has 0 unspecified atom stereocenters. The van der Waals surface area contributed by atoms with Gasteiger partial charge in [0, 0.05) is 17.3 Å². The number of nitrogens with two attached hydrogens (primary N) is 1. The van der Waals surface area contributed by atoms with Crippen LogP contribution in [0, 0.1) is 0 Å². The van der Waals surface area contributed by atoms with Crippen molar-refractivity contribution in [2.45, 2.75) is 42.6 Å². The van der Waals surface area contributed by atoms with Crippen LogP contribution in [0.15, 0.2) is 34.1 Å². The van der Waals surface area contributed by atoms with Crippen LogP contribution in [0.2, 0.25) is 0 Å². The molecule has 3 heterocycles. The first-order valence-corrected chi connectivity index (χ1v) is 11.5. The van der Waals surface area contributed by atoms with E-state index in [2.05, 4.69) is 31.5 Å². The molecular weight excluding hydrogens is 414 g/mol. The molecule has 0 aliphatic heterocycles. The van der Waals surface area contributed by atoms with E-state index in [0.29, 0.717) is 16.6 Å². The largest absolute Gasteiger partial charge is 0.366 e. The lowest BCUT2D eigenvalue weighted by Gasteiger charge is -2.13. The standard InChI is InChI=1S/C18H19N5O2S3/c1-10(16(25)20-17-13(15(19)24)6-8-27-17)28-18-22-21-14(23(18)11-4-5-11)9-12-3-2-7-26-12/h2-3,6-8,10-11H,4-5,9H2,1H3,(H2,19,24)(H,20,25)/t10-/m1/s1. The summed E-state index contributed by atoms with van der Waals surface area (Å²) in [5.74, 6) is 0.193. The van der Waals surface area contributed by atoms with Crippen molar-refractivity contribution in [3.63, 3.8) is 0 Å². The summed E-state index contributed by atoms with van der Waals surface area (Å²) in [7, 11) is 0. The van der Waals surface area contributed by atoms with Crippen molar-refractivity contribution >= 4 is 51.3 Å². The van der Waals surface area contributed by atoms with Gasteiger partial charge in [-0.2, -0.15) is 0 Å². The van der Waals surface area contributed by atoms with Gasteiger partial charge in [0.1, 0.15) is 10.8 Å². The second-order valence-corrected chi connectivity index (χ2v) is 9.79. The highest BCUT2D eigenvalue weighted by Crippen LogP contribution is 2.40. The molecule has 3 N–H and O–H groups in total. The number of nitrogens with zero attached hydrogens (tertiary/aromatic N) is 3. The number of carbonyl (C=O) groups excluding carboxylic acids is 2. The molecule has 3 aromatic rings. The van der Waals surface area contributed by atoms with E-state index in [1.807, 2.05) is 13.0 Å². The van der Waals surface area contributed by atoms with Crippen LogP contribution in [0.3, 0.4) is 0 Å². The van der Waals surface area contributed by atoms with Gasteiger partial charge in [-0.25, -0.2) is 0 Å². The maximum absolute atomic E-state index is 12.6. The number of rotatable bonds is 8. The second-order valence-electron chi connectivity index (χ2n) is 6.53. The van der Waals surface area contributed by atoms with Crippen LogP contribution in [0.25, 0.3) is 0 Å². The Morgan fingerprint density at radius 3 is 2.82 bits per heavy atom. The highest BCUT2D eigenvalue weighted by Gasteiger charge is 2.31. The summed E-state index contributed by atoms with van der Waals surface area (Å²) in [4.78, 5) is 25.3. The van der Waals surface area contributed by atoms with Crippen molar-refractivity contribution in [3.8, 4) is 0 Å². The Morgan fingerprint density at radius 1 is 1.32 bits per heavy atom. The lowest BCUT2D eigenvalue weighted by atomic mass is 10.3. The highest BCUT2D eigenvalue weighted by atomic mass is 32.2. The second kappa shape index (κ2) is 8.06. The summed E-state index contributed by atoms with van der Waals surface area (Å²) < 4.78 is 2.17. The Morgan fingerprint density at radius 2 is 2.14 bits per heavy atom. The van der Waals surface area contributed by atoms with Gasteiger partial charge in [-0.05, 0) is 42.7 Å². The van der Waals surface area contributed by atoms with Crippen LogP contribution < -0.4 is 11.1 Å². The summed E-state index contributed by atoms with van der Waals surface area (Å²) in [6, 6.07) is 6.16. The van der Waals surface area contributed by atoms with Gasteiger partial charge in [0.2, 0.25) is 5.91 Å². The zero-order valence-electron chi connectivity index (χ0n) is 15.1. The van der Waals surface area contributed by atoms with E-state index >= 15 is 0 Å². The normalized spacial score (nSPS) is 14.8. The third-order valence-corrected chi connectivity index (χ3v) is 7.14. The number of nitrogens with one attached hydrogen (secondary N) is 1. The number of hydrogen-bond donors (Lipinski definition) is 2. The molecule has 146 valence electrons. The van der Waals surface area contributed by atoms with E-state index in [0.717, 1.165) is 30.2 Å². The van der Waals surface area contributed by atoms with E-state index in [9.17, 15) is 9.59 Å². The van der Waals surface area contributed by atoms with Crippen LogP contribution in [-0.4, -0.2) is 31.8 Å². The first kappa shape index (κ1) is 19.2. The van der Waals surface area contributed by atoms with Gasteiger partial charge in [-0.3, -0.25) is 9.59 Å². The minimum absolute atomic E-state index is 0.194. The number of amides is 2. The lowest BCUT2D eigenvalue weighted by Crippen LogP contribution is -2.24. The van der Waals surface area contributed by atoms with Crippen molar-refractivity contribution in [3.05, 3.63) is 45.2 Å². The third-order valence-electron chi connectivity index (χ3n) is 4.38. The highest BCUT2D eigenvalue weighted by molar-refractivity contribution is 8.00. The Balaban J connectivity index is 1.47. The first-order valence-electron chi connectivity index (χ1n) is 8.84. The first-order chi connectivity index (χ1) is 13.5. The monoisotopic (exact) mass is 433 g/mol. The van der Waals surface area contributed by atoms with Crippen LogP contribution in [-0.2, 0) is 11.2 Å². The molecular formula is C18H19N5O2S3. The number of thioether (sulfide) groups is 1. The molecule has 0 spiro atoms. The summed E-state index contributed by atoms with van der Waals surface area (Å²) in [5, 5.41) is 16.2. The number of hydrogen-bond acceptors (Lipinski definition) is 7. The molecule has 28 heavy (non-hydrogen) atoms. The molecule has 1 fully saturated rings. The number of aromatic nitrogens is 3. The van der Waals surface area contributed by atoms with E-state index in [1.54, 1.807) is 22.8 Å². The zero-order chi connectivity index (χ0) is 19.7. The lowest BCUT2D eigenvalue weighted by molar-refractivity contribution is -0.115. The predicted octanol–water partition coefficient (Wildman–Crippen LogP) is 3.55. The quantitative estimate of drug-likeness (QED) is 0.529. The molecule has 0 radical (unpaired) electrons. The van der Waals surface area contributed by atoms with E-state index in [-0.39, 0.29) is 11.2 Å². The fourth-order valence-corrected chi connectivity index (χ4v) is 5.24. The molecule has 4 rings (SSSR count). The molecule has 0 aromatic carbocycles. The van der Waals surface area contributed by atoms with E-state index in [4.69, 9.17) is 5.73 Å². The molecule has 10 heteroatoms. The summed E-state index contributed by atoms with van der Waals surface area (Å²) >= 11 is 4.37. The van der Waals surface area contributed by atoms with Crippen LogP contribution in [0.4, 0.5) is 5.00 Å². The van der Waals surface area contributed by atoms with Crippen LogP contribution in [0.1, 0.15) is 46.9 Å². The number of carbonyl (C=O) groups is 2. The van der Waals surface area contributed by atoms with Crippen molar-refractivity contribution in [2.24, 2.45) is 5.73 Å². The topological polar surface area (TPSA) is 103 Å². The third kappa shape index (κ3) is 4.13. The molecule has 0 saturated heterocycles. The summed E-state index contributed by atoms with van der Waals surface area (Å²) in [6.07, 6.45) is 2.97. The maximum Gasteiger partial charge on any atom is 0.251 e. The van der Waals surface area contributed by atoms with Gasteiger partial charge >= 0.3 is 0 Å². The maximum atomic E-state index is 12.6. The fraction of sp³-hybridized carbons (Fsp3) is 0.333. The van der Waals surface area contributed by atoms with Crippen molar-refractivity contribution in [1.29, 1.82) is 0 Å². The Labute approximate surface area is 174 Å². The minimum Gasteiger partial charge on any atom is -0.366 e. The van der Waals surface area contributed by atoms with Crippen molar-refractivity contribution in [2.75, 3.05) is 5.32 Å². The van der Waals surface area contributed by atoms with Crippen LogP contribution >= 0.6 is 34.4 Å². The van der Waals surface area contributed by atoms with Crippen molar-refractivity contribution in [1.82, 2.24) is 14.8 Å². The number of anilines is 1. The molecule has 1 atom stereocenters. The molecule has 1 saturated carbocycles. The molecule has 2 amide bonds. The Bertz CT molecular complexity index is 991. The predicted molar refractivity (Wildman–Crippen MR) is 112 cm³/mol. The number of primary amides is 1. The summed E-state index contributed by atoms with van der Waals surface area (Å²) in [6.45, 7) is 1.82. The van der Waals surface area contributed by atoms with E-state index in [1.165, 1.54) is 28.0 Å². The van der Waals surface area contributed by atoms with Gasteiger partial charge < -0.3 is 15.6 Å². The van der Waals surface area contributed by atoms with Crippen LogP contribution in [0.5, 0.6) is 0 Å². The van der Waals surface area contributed by atoms with Gasteiger partial charge in [-0.15, -0.1) is 32.9 Å². The number of thiophene rings is 2. The van der Waals surface area contributed by atoms with E-state index < -0.39 is 5.91 Å². The Hall–Kier alpha value is -2.17. The molecule has 3 aromatic heterocycles. The molecule has 7 nitrogen and oxygen atoms in total. The summed E-state index contributed by atoms with van der Waals surface area (Å²) in [5.41, 5.74) is 5.67. The molecule has 0 bridgehead atoms. The van der Waals surface area contributed by atoms with Gasteiger partial charge in [0.25, 0.3) is 5.91 Å². The average Bonchev–Trinajstić information content (AvgIpc) is 3.06. The fourth-order valence-electron chi connectivity index (χ4n) is 2.80. The molecule has 1 aliphatic carbocycles. The zero-order valence-corrected chi connectivity index (χ0v) is 17.6. The van der Waals surface area contributed by atoms with Gasteiger partial charge in [0.05, 0.1) is 10.8 Å². The minimum atomic E-state index is -0.552. The van der Waals surface area contributed by atoms with Gasteiger partial charge in [-0.1, -0.05) is 17.8 Å². The van der Waals surface area contributed by atoms with Crippen molar-refractivity contribution < 1.29 is 9.59 Å². The smallest absolute Gasteiger partial charge is 0.251 e. The SMILES string of the molecule is C[C@@H](Sc1nnc(Cc2cccs2)n1C1CC1)C(=O)Nc1sccc1C(N)=O. The average molecular weight is 434 g/mol. The van der Waals surface area contributed by atoms with Gasteiger partial charge in [0.15, 0.2) is 5.16 Å².